The Morgan fingerprint density at radius 1 is 1.38 bits per heavy atom. The molecule has 6 nitrogen and oxygen atoms in total. The average molecular weight is 291 g/mol. The molecule has 2 rings (SSSR count). The van der Waals surface area contributed by atoms with Gasteiger partial charge in [-0.05, 0) is 11.6 Å². The summed E-state index contributed by atoms with van der Waals surface area (Å²) in [4.78, 5) is 29.5. The van der Waals surface area contributed by atoms with Gasteiger partial charge in [-0.1, -0.05) is 18.2 Å². The molecule has 1 aromatic heterocycles. The lowest BCUT2D eigenvalue weighted by Crippen LogP contribution is -2.43. The number of carboxylic acid groups (broad SMARTS) is 1. The van der Waals surface area contributed by atoms with Crippen LogP contribution in [0.1, 0.15) is 11.3 Å². The minimum Gasteiger partial charge on any atom is -0.480 e. The van der Waals surface area contributed by atoms with Gasteiger partial charge in [-0.15, -0.1) is 0 Å². The van der Waals surface area contributed by atoms with E-state index in [0.717, 1.165) is 0 Å². The van der Waals surface area contributed by atoms with Crippen molar-refractivity contribution in [2.75, 3.05) is 0 Å². The molecule has 21 heavy (non-hydrogen) atoms. The van der Waals surface area contributed by atoms with E-state index in [1.807, 2.05) is 0 Å². The van der Waals surface area contributed by atoms with Crippen LogP contribution in [0.2, 0.25) is 0 Å². The SMILES string of the molecule is O=C(Cc1ccccc1F)NC(Cc1cnc[nH]1)C(=O)O. The lowest BCUT2D eigenvalue weighted by atomic mass is 10.1. The Bertz CT molecular complexity index is 628. The molecule has 0 aliphatic carbocycles. The van der Waals surface area contributed by atoms with Crippen molar-refractivity contribution in [2.24, 2.45) is 0 Å². The molecule has 0 aliphatic rings. The van der Waals surface area contributed by atoms with Gasteiger partial charge in [0.25, 0.3) is 0 Å². The van der Waals surface area contributed by atoms with Gasteiger partial charge in [-0.2, -0.15) is 0 Å². The fourth-order valence-corrected chi connectivity index (χ4v) is 1.88. The number of nitrogens with one attached hydrogen (secondary N) is 2. The van der Waals surface area contributed by atoms with Gasteiger partial charge in [0.2, 0.25) is 5.91 Å². The largest absolute Gasteiger partial charge is 0.480 e. The topological polar surface area (TPSA) is 95.1 Å². The van der Waals surface area contributed by atoms with Gasteiger partial charge in [-0.25, -0.2) is 14.2 Å². The van der Waals surface area contributed by atoms with E-state index in [4.69, 9.17) is 5.11 Å². The van der Waals surface area contributed by atoms with Crippen LogP contribution in [-0.2, 0) is 22.4 Å². The Kier molecular flexibility index (Phi) is 4.65. The number of aliphatic carboxylic acids is 1. The molecule has 110 valence electrons. The highest BCUT2D eigenvalue weighted by atomic mass is 19.1. The van der Waals surface area contributed by atoms with E-state index in [9.17, 15) is 14.0 Å². The number of carboxylic acids is 1. The van der Waals surface area contributed by atoms with Crippen LogP contribution in [0, 0.1) is 5.82 Å². The first-order valence-corrected chi connectivity index (χ1v) is 6.29. The predicted octanol–water partition coefficient (Wildman–Crippen LogP) is 0.903. The second-order valence-corrected chi connectivity index (χ2v) is 4.51. The summed E-state index contributed by atoms with van der Waals surface area (Å²) in [6.45, 7) is 0. The second kappa shape index (κ2) is 6.65. The number of rotatable bonds is 6. The molecule has 0 spiro atoms. The van der Waals surface area contributed by atoms with Gasteiger partial charge in [0.05, 0.1) is 12.7 Å². The van der Waals surface area contributed by atoms with Gasteiger partial charge >= 0.3 is 5.97 Å². The van der Waals surface area contributed by atoms with Crippen molar-refractivity contribution in [3.8, 4) is 0 Å². The van der Waals surface area contributed by atoms with Crippen molar-refractivity contribution in [3.05, 3.63) is 53.9 Å². The van der Waals surface area contributed by atoms with Crippen LogP contribution >= 0.6 is 0 Å². The Morgan fingerprint density at radius 2 is 2.14 bits per heavy atom. The van der Waals surface area contributed by atoms with E-state index >= 15 is 0 Å². The Balaban J connectivity index is 1.98. The number of carbonyl (C=O) groups is 2. The first-order chi connectivity index (χ1) is 10.1. The number of carbonyl (C=O) groups excluding carboxylic acids is 1. The Hall–Kier alpha value is -2.70. The van der Waals surface area contributed by atoms with Gasteiger partial charge in [0.15, 0.2) is 0 Å². The summed E-state index contributed by atoms with van der Waals surface area (Å²) in [5, 5.41) is 11.5. The Morgan fingerprint density at radius 3 is 2.76 bits per heavy atom. The number of hydrogen-bond donors (Lipinski definition) is 3. The number of aromatic amines is 1. The van der Waals surface area contributed by atoms with Gasteiger partial charge in [-0.3, -0.25) is 4.79 Å². The number of aromatic nitrogens is 2. The summed E-state index contributed by atoms with van der Waals surface area (Å²) in [6.07, 6.45) is 2.78. The highest BCUT2D eigenvalue weighted by Crippen LogP contribution is 2.07. The van der Waals surface area contributed by atoms with Crippen LogP contribution in [0.25, 0.3) is 0 Å². The fourth-order valence-electron chi connectivity index (χ4n) is 1.88. The molecule has 1 heterocycles. The summed E-state index contributed by atoms with van der Waals surface area (Å²) >= 11 is 0. The number of halogens is 1. The second-order valence-electron chi connectivity index (χ2n) is 4.51. The number of nitrogens with zero attached hydrogens (tertiary/aromatic N) is 1. The first-order valence-electron chi connectivity index (χ1n) is 6.29. The van der Waals surface area contributed by atoms with Crippen LogP contribution in [0.3, 0.4) is 0 Å². The molecule has 0 aliphatic heterocycles. The zero-order valence-corrected chi connectivity index (χ0v) is 11.0. The molecule has 1 amide bonds. The standard InChI is InChI=1S/C14H14FN3O3/c15-11-4-2-1-3-9(11)5-13(19)18-12(14(20)21)6-10-7-16-8-17-10/h1-4,7-8,12H,5-6H2,(H,16,17)(H,18,19)(H,20,21). The summed E-state index contributed by atoms with van der Waals surface area (Å²) in [5.74, 6) is -2.20. The molecule has 0 saturated heterocycles. The molecule has 0 radical (unpaired) electrons. The Labute approximate surface area is 120 Å². The molecule has 0 saturated carbocycles. The lowest BCUT2D eigenvalue weighted by molar-refractivity contribution is -0.141. The van der Waals surface area contributed by atoms with Crippen LogP contribution in [0.4, 0.5) is 4.39 Å². The van der Waals surface area contributed by atoms with E-state index in [2.05, 4.69) is 15.3 Å². The van der Waals surface area contributed by atoms with Crippen molar-refractivity contribution in [1.82, 2.24) is 15.3 Å². The molecule has 1 atom stereocenters. The lowest BCUT2D eigenvalue weighted by Gasteiger charge is -2.13. The predicted molar refractivity (Wildman–Crippen MR) is 72.0 cm³/mol. The minimum absolute atomic E-state index is 0.0817. The van der Waals surface area contributed by atoms with Crippen molar-refractivity contribution >= 4 is 11.9 Å². The third-order valence-electron chi connectivity index (χ3n) is 2.92. The van der Waals surface area contributed by atoms with E-state index in [1.54, 1.807) is 6.07 Å². The third-order valence-corrected chi connectivity index (χ3v) is 2.92. The molecular formula is C14H14FN3O3. The number of H-pyrrole nitrogens is 1. The monoisotopic (exact) mass is 291 g/mol. The molecule has 1 unspecified atom stereocenters. The van der Waals surface area contributed by atoms with Crippen molar-refractivity contribution in [1.29, 1.82) is 0 Å². The van der Waals surface area contributed by atoms with Crippen molar-refractivity contribution in [2.45, 2.75) is 18.9 Å². The third kappa shape index (κ3) is 4.13. The van der Waals surface area contributed by atoms with Gasteiger partial charge < -0.3 is 15.4 Å². The summed E-state index contributed by atoms with van der Waals surface area (Å²) in [6, 6.07) is 4.78. The quantitative estimate of drug-likeness (QED) is 0.737. The number of imidazole rings is 1. The maximum atomic E-state index is 13.4. The maximum absolute atomic E-state index is 13.4. The summed E-state index contributed by atoms with van der Waals surface area (Å²) in [7, 11) is 0. The molecule has 1 aromatic carbocycles. The number of amides is 1. The maximum Gasteiger partial charge on any atom is 0.326 e. The number of benzene rings is 1. The van der Waals surface area contributed by atoms with Gasteiger partial charge in [0, 0.05) is 18.3 Å². The summed E-state index contributed by atoms with van der Waals surface area (Å²) in [5.41, 5.74) is 0.814. The van der Waals surface area contributed by atoms with E-state index in [-0.39, 0.29) is 18.4 Å². The molecule has 0 fully saturated rings. The average Bonchev–Trinajstić information content (AvgIpc) is 2.93. The first kappa shape index (κ1) is 14.7. The molecule has 2 aromatic rings. The van der Waals surface area contributed by atoms with Crippen LogP contribution in [0.15, 0.2) is 36.8 Å². The zero-order valence-electron chi connectivity index (χ0n) is 11.0. The van der Waals surface area contributed by atoms with Crippen LogP contribution in [0.5, 0.6) is 0 Å². The van der Waals surface area contributed by atoms with Crippen molar-refractivity contribution in [3.63, 3.8) is 0 Å². The highest BCUT2D eigenvalue weighted by molar-refractivity contribution is 5.85. The summed E-state index contributed by atoms with van der Waals surface area (Å²) < 4.78 is 13.4. The van der Waals surface area contributed by atoms with E-state index in [1.165, 1.54) is 30.7 Å². The number of hydrogen-bond acceptors (Lipinski definition) is 3. The van der Waals surface area contributed by atoms with Crippen LogP contribution in [-0.4, -0.2) is 33.0 Å². The van der Waals surface area contributed by atoms with Crippen LogP contribution < -0.4 is 5.32 Å². The fraction of sp³-hybridized carbons (Fsp3) is 0.214. The molecule has 7 heteroatoms. The van der Waals surface area contributed by atoms with Crippen molar-refractivity contribution < 1.29 is 19.1 Å². The molecule has 0 bridgehead atoms. The smallest absolute Gasteiger partial charge is 0.326 e. The molecule has 3 N–H and O–H groups in total. The normalized spacial score (nSPS) is 11.9. The van der Waals surface area contributed by atoms with E-state index in [0.29, 0.717) is 5.69 Å². The molecular weight excluding hydrogens is 277 g/mol. The minimum atomic E-state index is -1.16. The van der Waals surface area contributed by atoms with Gasteiger partial charge in [0.1, 0.15) is 11.9 Å². The zero-order chi connectivity index (χ0) is 15.2. The van der Waals surface area contributed by atoms with E-state index < -0.39 is 23.7 Å². The highest BCUT2D eigenvalue weighted by Gasteiger charge is 2.21.